The number of aromatic nitrogens is 11. The Morgan fingerprint density at radius 3 is 0.756 bits per heavy atom. The Balaban J connectivity index is 0.000000116. The SMILES string of the molecule is c1ccc(-c2ccc(-c3nc(-c4ccccc4)nc(-c4ccc(-n5c6ccccc6c6ccccc65)cc4)n3)cc2)cc1.c1ccc(-c2ccc(-c3nc(-c4ccccc4)nc(-c4cccc(-n5c6ccccc6c6ccccc65)c4)n3)cc2)cc1.c1ccc(-c2nc(-c3ccccc3)nc(-c3cccc(N4CCc5ccccc54)c3)n2)cc1. The Kier molecular flexibility index (Phi) is 19.6. The average molecular weight is 1530 g/mol. The van der Waals surface area contributed by atoms with Crippen molar-refractivity contribution in [2.45, 2.75) is 6.42 Å². The zero-order valence-electron chi connectivity index (χ0n) is 64.7. The highest BCUT2D eigenvalue weighted by molar-refractivity contribution is 6.10. The van der Waals surface area contributed by atoms with Crippen LogP contribution in [0, 0.1) is 0 Å². The van der Waals surface area contributed by atoms with Gasteiger partial charge in [0.05, 0.1) is 22.1 Å². The fourth-order valence-corrected chi connectivity index (χ4v) is 15.9. The van der Waals surface area contributed by atoms with E-state index >= 15 is 0 Å². The lowest BCUT2D eigenvalue weighted by Crippen LogP contribution is -2.13. The first-order valence-corrected chi connectivity index (χ1v) is 39.9. The molecule has 16 aromatic carbocycles. The summed E-state index contributed by atoms with van der Waals surface area (Å²) in [5, 5.41) is 4.96. The van der Waals surface area contributed by atoms with E-state index in [0.717, 1.165) is 91.2 Å². The molecular formula is C107H74N12. The van der Waals surface area contributed by atoms with Crippen LogP contribution in [0.2, 0.25) is 0 Å². The van der Waals surface area contributed by atoms with Gasteiger partial charge in [0, 0.05) is 101 Å². The maximum atomic E-state index is 5.02. The quantitative estimate of drug-likeness (QED) is 0.104. The normalized spacial score (nSPS) is 11.6. The van der Waals surface area contributed by atoms with Gasteiger partial charge >= 0.3 is 0 Å². The molecule has 0 saturated heterocycles. The minimum Gasteiger partial charge on any atom is -0.341 e. The molecule has 21 aromatic rings. The standard InChI is InChI=1S/2C39H26N4.C29H22N4/c1-3-12-27(13-4-1)28-22-24-30(25-23-28)38-40-37(29-14-5-2-6-15-29)41-39(42-38)31-16-11-17-32(26-31)43-35-20-9-7-18-33(35)34-19-8-10-21-36(34)43;1-3-11-27(12-4-1)28-19-21-30(22-20-28)38-40-37(29-13-5-2-6-14-29)41-39(42-38)31-23-25-32(26-24-31)43-35-17-9-7-15-33(35)34-16-8-10-18-36(34)43;1-3-11-22(12-4-1)27-30-28(23-13-5-2-6-14-23)32-29(31-27)24-15-9-16-25(20-24)33-19-18-21-10-7-8-17-26(21)33/h2*1-26H;1-17,20H,18-19H2. The Bertz CT molecular complexity index is 7020. The molecule has 12 nitrogen and oxygen atoms in total. The Morgan fingerprint density at radius 2 is 0.403 bits per heavy atom. The van der Waals surface area contributed by atoms with Crippen LogP contribution in [0.5, 0.6) is 0 Å². The fraction of sp³-hybridized carbons (Fsp3) is 0.0187. The molecule has 0 radical (unpaired) electrons. The van der Waals surface area contributed by atoms with E-state index < -0.39 is 0 Å². The number of fused-ring (bicyclic) bond motifs is 7. The van der Waals surface area contributed by atoms with Gasteiger partial charge in [0.2, 0.25) is 0 Å². The van der Waals surface area contributed by atoms with E-state index in [2.05, 4.69) is 305 Å². The van der Waals surface area contributed by atoms with Gasteiger partial charge in [-0.2, -0.15) is 0 Å². The molecule has 1 aliphatic heterocycles. The van der Waals surface area contributed by atoms with Crippen molar-refractivity contribution in [1.82, 2.24) is 54.0 Å². The number of hydrogen-bond donors (Lipinski definition) is 0. The molecule has 0 fully saturated rings. The molecule has 0 aliphatic carbocycles. The summed E-state index contributed by atoms with van der Waals surface area (Å²) in [7, 11) is 0. The van der Waals surface area contributed by atoms with Gasteiger partial charge in [0.25, 0.3) is 0 Å². The highest BCUT2D eigenvalue weighted by Gasteiger charge is 2.23. The van der Waals surface area contributed by atoms with Crippen molar-refractivity contribution in [2.75, 3.05) is 11.4 Å². The summed E-state index contributed by atoms with van der Waals surface area (Å²) in [6.45, 7) is 0.977. The molecule has 0 spiro atoms. The van der Waals surface area contributed by atoms with Crippen LogP contribution >= 0.6 is 0 Å². The first kappa shape index (κ1) is 72.0. The molecule has 1 aliphatic rings. The van der Waals surface area contributed by atoms with Gasteiger partial charge in [-0.3, -0.25) is 0 Å². The van der Waals surface area contributed by atoms with E-state index in [1.54, 1.807) is 0 Å². The maximum Gasteiger partial charge on any atom is 0.164 e. The lowest BCUT2D eigenvalue weighted by Gasteiger charge is -2.20. The molecule has 6 heterocycles. The van der Waals surface area contributed by atoms with Gasteiger partial charge in [-0.1, -0.05) is 346 Å². The molecular weight excluding hydrogens is 1450 g/mol. The highest BCUT2D eigenvalue weighted by Crippen LogP contribution is 2.40. The Morgan fingerprint density at radius 1 is 0.168 bits per heavy atom. The van der Waals surface area contributed by atoms with E-state index in [1.165, 1.54) is 66.0 Å². The van der Waals surface area contributed by atoms with Gasteiger partial charge in [-0.05, 0) is 113 Å². The Labute approximate surface area is 688 Å². The predicted octanol–water partition coefficient (Wildman–Crippen LogP) is 25.8. The van der Waals surface area contributed by atoms with Crippen molar-refractivity contribution in [3.63, 3.8) is 0 Å². The van der Waals surface area contributed by atoms with Gasteiger partial charge in [0.15, 0.2) is 52.4 Å². The van der Waals surface area contributed by atoms with E-state index in [-0.39, 0.29) is 0 Å². The topological polar surface area (TPSA) is 129 Å². The van der Waals surface area contributed by atoms with Crippen LogP contribution in [0.3, 0.4) is 0 Å². The monoisotopic (exact) mass is 1530 g/mol. The molecule has 0 saturated carbocycles. The molecule has 12 heteroatoms. The lowest BCUT2D eigenvalue weighted by molar-refractivity contribution is 0.998. The second-order valence-electron chi connectivity index (χ2n) is 29.2. The zero-order valence-corrected chi connectivity index (χ0v) is 64.7. The zero-order chi connectivity index (χ0) is 79.2. The third-order valence-electron chi connectivity index (χ3n) is 21.7. The second-order valence-corrected chi connectivity index (χ2v) is 29.2. The first-order valence-electron chi connectivity index (χ1n) is 39.9. The first-order chi connectivity index (χ1) is 59.0. The summed E-state index contributed by atoms with van der Waals surface area (Å²) in [5.74, 6) is 5.91. The lowest BCUT2D eigenvalue weighted by atomic mass is 10.0. The van der Waals surface area contributed by atoms with Crippen molar-refractivity contribution in [3.8, 4) is 136 Å². The van der Waals surface area contributed by atoms with E-state index in [1.807, 2.05) is 133 Å². The third-order valence-corrected chi connectivity index (χ3v) is 21.7. The van der Waals surface area contributed by atoms with Crippen molar-refractivity contribution in [3.05, 3.63) is 430 Å². The van der Waals surface area contributed by atoms with Gasteiger partial charge in [-0.15, -0.1) is 0 Å². The molecule has 0 amide bonds. The maximum absolute atomic E-state index is 5.02. The number of rotatable bonds is 14. The van der Waals surface area contributed by atoms with Gasteiger partial charge in [-0.25, -0.2) is 44.9 Å². The Hall–Kier alpha value is -16.1. The summed E-state index contributed by atoms with van der Waals surface area (Å²) in [6, 6.07) is 146. The summed E-state index contributed by atoms with van der Waals surface area (Å²) < 4.78 is 4.63. The summed E-state index contributed by atoms with van der Waals surface area (Å²) in [6.07, 6.45) is 1.06. The van der Waals surface area contributed by atoms with Crippen LogP contribution in [-0.2, 0) is 6.42 Å². The van der Waals surface area contributed by atoms with Crippen molar-refractivity contribution in [2.24, 2.45) is 0 Å². The fourth-order valence-electron chi connectivity index (χ4n) is 15.9. The van der Waals surface area contributed by atoms with Gasteiger partial charge in [0.1, 0.15) is 0 Å². The molecule has 0 atom stereocenters. The van der Waals surface area contributed by atoms with E-state index in [4.69, 9.17) is 44.9 Å². The molecule has 562 valence electrons. The van der Waals surface area contributed by atoms with E-state index in [9.17, 15) is 0 Å². The van der Waals surface area contributed by atoms with Crippen LogP contribution < -0.4 is 4.90 Å². The highest BCUT2D eigenvalue weighted by atomic mass is 15.2. The third kappa shape index (κ3) is 14.8. The summed E-state index contributed by atoms with van der Waals surface area (Å²) in [5.41, 5.74) is 23.9. The number of benzene rings is 16. The van der Waals surface area contributed by atoms with E-state index in [0.29, 0.717) is 52.4 Å². The number of anilines is 2. The van der Waals surface area contributed by atoms with Crippen molar-refractivity contribution in [1.29, 1.82) is 0 Å². The van der Waals surface area contributed by atoms with Gasteiger partial charge < -0.3 is 14.0 Å². The minimum absolute atomic E-state index is 0.638. The number of para-hydroxylation sites is 5. The van der Waals surface area contributed by atoms with Crippen LogP contribution in [0.4, 0.5) is 11.4 Å². The smallest absolute Gasteiger partial charge is 0.164 e. The molecule has 5 aromatic heterocycles. The number of hydrogen-bond acceptors (Lipinski definition) is 10. The second kappa shape index (κ2) is 32.4. The summed E-state index contributed by atoms with van der Waals surface area (Å²) >= 11 is 0. The minimum atomic E-state index is 0.638. The largest absolute Gasteiger partial charge is 0.341 e. The average Bonchev–Trinajstić information content (AvgIpc) is 1.60. The number of nitrogens with zero attached hydrogens (tertiary/aromatic N) is 12. The predicted molar refractivity (Wildman–Crippen MR) is 485 cm³/mol. The molecule has 0 unspecified atom stereocenters. The van der Waals surface area contributed by atoms with Crippen LogP contribution in [0.1, 0.15) is 5.56 Å². The van der Waals surface area contributed by atoms with Crippen LogP contribution in [-0.4, -0.2) is 60.5 Å². The van der Waals surface area contributed by atoms with Crippen LogP contribution in [0.25, 0.3) is 180 Å². The summed E-state index contributed by atoms with van der Waals surface area (Å²) in [4.78, 5) is 46.6. The van der Waals surface area contributed by atoms with Crippen LogP contribution in [0.15, 0.2) is 425 Å². The van der Waals surface area contributed by atoms with Crippen molar-refractivity contribution >= 4 is 55.0 Å². The molecule has 0 N–H and O–H groups in total. The molecule has 22 rings (SSSR count). The van der Waals surface area contributed by atoms with Crippen molar-refractivity contribution < 1.29 is 0 Å². The molecule has 0 bridgehead atoms. The molecule has 119 heavy (non-hydrogen) atoms.